The van der Waals surface area contributed by atoms with Crippen LogP contribution in [0.3, 0.4) is 0 Å². The Morgan fingerprint density at radius 2 is 1.76 bits per heavy atom. The average Bonchev–Trinajstić information content (AvgIpc) is 2.42. The van der Waals surface area contributed by atoms with Gasteiger partial charge in [0.15, 0.2) is 8.32 Å². The molecule has 0 radical (unpaired) electrons. The summed E-state index contributed by atoms with van der Waals surface area (Å²) in [7, 11) is -1.73. The Kier molecular flexibility index (Phi) is 6.38. The molecular formula is C18H30O2Si. The number of aliphatic hydroxyl groups is 1. The van der Waals surface area contributed by atoms with E-state index < -0.39 is 8.32 Å². The highest BCUT2D eigenvalue weighted by atomic mass is 28.4. The second-order valence-electron chi connectivity index (χ2n) is 7.08. The van der Waals surface area contributed by atoms with Gasteiger partial charge in [-0.2, -0.15) is 0 Å². The maximum Gasteiger partial charge on any atom is 0.192 e. The Hall–Kier alpha value is -0.903. The molecule has 1 aromatic rings. The lowest BCUT2D eigenvalue weighted by Crippen LogP contribution is -2.43. The molecule has 1 atom stereocenters. The van der Waals surface area contributed by atoms with Gasteiger partial charge in [0.25, 0.3) is 0 Å². The first-order valence-electron chi connectivity index (χ1n) is 7.75. The molecule has 0 saturated carbocycles. The van der Waals surface area contributed by atoms with Crippen molar-refractivity contribution in [2.75, 3.05) is 0 Å². The second-order valence-corrected chi connectivity index (χ2v) is 11.8. The van der Waals surface area contributed by atoms with Gasteiger partial charge in [0.1, 0.15) is 0 Å². The summed E-state index contributed by atoms with van der Waals surface area (Å²) in [5, 5.41) is 9.29. The maximum absolute atomic E-state index is 9.06. The molecule has 1 rings (SSSR count). The molecule has 0 aliphatic carbocycles. The molecule has 0 spiro atoms. The molecule has 21 heavy (non-hydrogen) atoms. The van der Waals surface area contributed by atoms with Crippen molar-refractivity contribution in [2.45, 2.75) is 65.0 Å². The van der Waals surface area contributed by atoms with Crippen LogP contribution in [0.4, 0.5) is 0 Å². The van der Waals surface area contributed by atoms with Crippen LogP contribution in [0.1, 0.15) is 45.2 Å². The normalized spacial score (nSPS) is 14.6. The van der Waals surface area contributed by atoms with Crippen molar-refractivity contribution in [3.63, 3.8) is 0 Å². The van der Waals surface area contributed by atoms with Crippen LogP contribution in [-0.4, -0.2) is 19.5 Å². The first kappa shape index (κ1) is 18.1. The molecule has 0 bridgehead atoms. The van der Waals surface area contributed by atoms with Gasteiger partial charge in [-0.1, -0.05) is 64.1 Å². The van der Waals surface area contributed by atoms with E-state index >= 15 is 0 Å². The quantitative estimate of drug-likeness (QED) is 0.750. The van der Waals surface area contributed by atoms with E-state index in [4.69, 9.17) is 9.53 Å². The molecular weight excluding hydrogens is 276 g/mol. The largest absolute Gasteiger partial charge is 0.411 e. The molecule has 1 aromatic carbocycles. The van der Waals surface area contributed by atoms with E-state index in [9.17, 15) is 0 Å². The third-order valence-corrected chi connectivity index (χ3v) is 8.82. The van der Waals surface area contributed by atoms with E-state index in [1.54, 1.807) is 0 Å². The van der Waals surface area contributed by atoms with E-state index in [2.05, 4.69) is 52.9 Å². The van der Waals surface area contributed by atoms with Crippen molar-refractivity contribution in [3.8, 4) is 0 Å². The summed E-state index contributed by atoms with van der Waals surface area (Å²) >= 11 is 0. The van der Waals surface area contributed by atoms with Crippen LogP contribution in [0.25, 0.3) is 6.08 Å². The van der Waals surface area contributed by atoms with Crippen molar-refractivity contribution in [1.82, 2.24) is 0 Å². The van der Waals surface area contributed by atoms with Gasteiger partial charge in [-0.3, -0.25) is 0 Å². The summed E-state index contributed by atoms with van der Waals surface area (Å²) in [6, 6.07) is 7.97. The van der Waals surface area contributed by atoms with Crippen LogP contribution < -0.4 is 0 Å². The molecule has 3 heteroatoms. The molecule has 118 valence electrons. The van der Waals surface area contributed by atoms with E-state index in [1.165, 1.54) is 0 Å². The SMILES string of the molecule is CC[C@H](/C=C/c1ccc(CO)cc1)O[Si](C)(C)C(C)(C)C. The number of hydrogen-bond acceptors (Lipinski definition) is 2. The van der Waals surface area contributed by atoms with Gasteiger partial charge in [0, 0.05) is 0 Å². The molecule has 0 amide bonds. The van der Waals surface area contributed by atoms with Gasteiger partial charge in [0.05, 0.1) is 12.7 Å². The maximum atomic E-state index is 9.06. The number of rotatable bonds is 6. The highest BCUT2D eigenvalue weighted by Gasteiger charge is 2.38. The molecule has 0 aliphatic heterocycles. The van der Waals surface area contributed by atoms with Crippen molar-refractivity contribution >= 4 is 14.4 Å². The molecule has 2 nitrogen and oxygen atoms in total. The Morgan fingerprint density at radius 3 is 2.19 bits per heavy atom. The smallest absolute Gasteiger partial charge is 0.192 e. The van der Waals surface area contributed by atoms with Crippen LogP contribution in [0.5, 0.6) is 0 Å². The molecule has 0 aliphatic rings. The minimum absolute atomic E-state index is 0.0933. The fraction of sp³-hybridized carbons (Fsp3) is 0.556. The van der Waals surface area contributed by atoms with Gasteiger partial charge >= 0.3 is 0 Å². The lowest BCUT2D eigenvalue weighted by molar-refractivity contribution is 0.221. The van der Waals surface area contributed by atoms with E-state index in [1.807, 2.05) is 24.3 Å². The van der Waals surface area contributed by atoms with Crippen LogP contribution in [0.2, 0.25) is 18.1 Å². The summed E-state index contributed by atoms with van der Waals surface area (Å²) in [6.45, 7) is 13.6. The van der Waals surface area contributed by atoms with Gasteiger partial charge in [-0.15, -0.1) is 0 Å². The fourth-order valence-electron chi connectivity index (χ4n) is 1.77. The Bertz CT molecular complexity index is 455. The fourth-order valence-corrected chi connectivity index (χ4v) is 3.12. The molecule has 0 heterocycles. The van der Waals surface area contributed by atoms with Crippen LogP contribution in [0.15, 0.2) is 30.3 Å². The predicted molar refractivity (Wildman–Crippen MR) is 93.8 cm³/mol. The third-order valence-electron chi connectivity index (χ3n) is 4.32. The minimum Gasteiger partial charge on any atom is -0.411 e. The third kappa shape index (κ3) is 5.42. The Morgan fingerprint density at radius 1 is 1.19 bits per heavy atom. The zero-order chi connectivity index (χ0) is 16.1. The van der Waals surface area contributed by atoms with E-state index in [0.717, 1.165) is 17.5 Å². The topological polar surface area (TPSA) is 29.5 Å². The van der Waals surface area contributed by atoms with Crippen LogP contribution in [-0.2, 0) is 11.0 Å². The minimum atomic E-state index is -1.73. The van der Waals surface area contributed by atoms with Crippen molar-refractivity contribution in [1.29, 1.82) is 0 Å². The number of hydrogen-bond donors (Lipinski definition) is 1. The van der Waals surface area contributed by atoms with Crippen LogP contribution >= 0.6 is 0 Å². The highest BCUT2D eigenvalue weighted by molar-refractivity contribution is 6.74. The number of aliphatic hydroxyl groups excluding tert-OH is 1. The summed E-state index contributed by atoms with van der Waals surface area (Å²) < 4.78 is 6.43. The Labute approximate surface area is 131 Å². The van der Waals surface area contributed by atoms with Gasteiger partial charge in [0.2, 0.25) is 0 Å². The first-order chi connectivity index (χ1) is 9.69. The van der Waals surface area contributed by atoms with E-state index in [-0.39, 0.29) is 17.7 Å². The summed E-state index contributed by atoms with van der Waals surface area (Å²) in [5.74, 6) is 0. The van der Waals surface area contributed by atoms with Crippen molar-refractivity contribution < 1.29 is 9.53 Å². The zero-order valence-corrected chi connectivity index (χ0v) is 15.3. The molecule has 0 unspecified atom stereocenters. The standard InChI is InChI=1S/C18H30O2Si/c1-7-17(20-21(5,6)18(2,3)4)13-12-15-8-10-16(14-19)11-9-15/h8-13,17,19H,7,14H2,1-6H3/b13-12+/t17-/m1/s1. The number of benzene rings is 1. The summed E-state index contributed by atoms with van der Waals surface area (Å²) in [5.41, 5.74) is 2.08. The van der Waals surface area contributed by atoms with Gasteiger partial charge in [-0.05, 0) is 35.7 Å². The summed E-state index contributed by atoms with van der Waals surface area (Å²) in [4.78, 5) is 0. The lowest BCUT2D eigenvalue weighted by atomic mass is 10.1. The predicted octanol–water partition coefficient (Wildman–Crippen LogP) is 4.99. The molecule has 0 saturated heterocycles. The average molecular weight is 307 g/mol. The van der Waals surface area contributed by atoms with E-state index in [0.29, 0.717) is 0 Å². The monoisotopic (exact) mass is 306 g/mol. The van der Waals surface area contributed by atoms with Crippen LogP contribution in [0, 0.1) is 0 Å². The summed E-state index contributed by atoms with van der Waals surface area (Å²) in [6.07, 6.45) is 5.43. The van der Waals surface area contributed by atoms with Crippen molar-refractivity contribution in [3.05, 3.63) is 41.5 Å². The van der Waals surface area contributed by atoms with Gasteiger partial charge in [-0.25, -0.2) is 0 Å². The zero-order valence-electron chi connectivity index (χ0n) is 14.3. The Balaban J connectivity index is 2.75. The molecule has 0 fully saturated rings. The first-order valence-corrected chi connectivity index (χ1v) is 10.7. The lowest BCUT2D eigenvalue weighted by Gasteiger charge is -2.38. The highest BCUT2D eigenvalue weighted by Crippen LogP contribution is 2.37. The van der Waals surface area contributed by atoms with Gasteiger partial charge < -0.3 is 9.53 Å². The molecule has 1 N–H and O–H groups in total. The second kappa shape index (κ2) is 7.39. The van der Waals surface area contributed by atoms with Crippen molar-refractivity contribution in [2.24, 2.45) is 0 Å². The molecule has 0 aromatic heterocycles.